The van der Waals surface area contributed by atoms with Gasteiger partial charge in [-0.15, -0.1) is 0 Å². The van der Waals surface area contributed by atoms with Crippen LogP contribution < -0.4 is 15.1 Å². The SMILES string of the molecule is C[NH+]1CCN(c2ccc(NC(=O)c3c(F)cccc3Cl)cc2)CC1. The molecule has 0 spiro atoms. The Hall–Kier alpha value is -2.11. The van der Waals surface area contributed by atoms with Gasteiger partial charge in [0.2, 0.25) is 0 Å². The minimum Gasteiger partial charge on any atom is -0.360 e. The van der Waals surface area contributed by atoms with Crippen molar-refractivity contribution < 1.29 is 14.1 Å². The number of hydrogen-bond donors (Lipinski definition) is 2. The molecule has 3 rings (SSSR count). The number of nitrogens with zero attached hydrogens (tertiary/aromatic N) is 1. The highest BCUT2D eigenvalue weighted by molar-refractivity contribution is 6.34. The molecule has 1 fully saturated rings. The Morgan fingerprint density at radius 3 is 2.46 bits per heavy atom. The summed E-state index contributed by atoms with van der Waals surface area (Å²) in [5.74, 6) is -1.18. The molecule has 126 valence electrons. The van der Waals surface area contributed by atoms with Gasteiger partial charge in [0, 0.05) is 11.4 Å². The summed E-state index contributed by atoms with van der Waals surface area (Å²) in [5, 5.41) is 2.79. The van der Waals surface area contributed by atoms with Crippen molar-refractivity contribution in [2.75, 3.05) is 43.4 Å². The molecule has 0 atom stereocenters. The van der Waals surface area contributed by atoms with Crippen molar-refractivity contribution >= 4 is 28.9 Å². The number of hydrogen-bond acceptors (Lipinski definition) is 2. The molecule has 1 aliphatic rings. The molecule has 0 aromatic heterocycles. The van der Waals surface area contributed by atoms with Crippen molar-refractivity contribution in [1.82, 2.24) is 0 Å². The molecule has 2 aromatic carbocycles. The van der Waals surface area contributed by atoms with Gasteiger partial charge in [-0.1, -0.05) is 17.7 Å². The molecular weight excluding hydrogens is 329 g/mol. The van der Waals surface area contributed by atoms with Crippen LogP contribution in [-0.4, -0.2) is 39.1 Å². The summed E-state index contributed by atoms with van der Waals surface area (Å²) >= 11 is 5.92. The molecule has 1 amide bonds. The standard InChI is InChI=1S/C18H19ClFN3O/c1-22-9-11-23(12-10-22)14-7-5-13(6-8-14)21-18(24)17-15(19)3-2-4-16(17)20/h2-8H,9-12H2,1H3,(H,21,24)/p+1. The first-order valence-corrected chi connectivity index (χ1v) is 8.34. The van der Waals surface area contributed by atoms with E-state index in [1.54, 1.807) is 0 Å². The zero-order valence-corrected chi connectivity index (χ0v) is 14.2. The fraction of sp³-hybridized carbons (Fsp3) is 0.278. The van der Waals surface area contributed by atoms with Gasteiger partial charge in [-0.25, -0.2) is 4.39 Å². The summed E-state index contributed by atoms with van der Waals surface area (Å²) in [6, 6.07) is 11.8. The topological polar surface area (TPSA) is 36.8 Å². The number of amides is 1. The van der Waals surface area contributed by atoms with Crippen LogP contribution in [0.3, 0.4) is 0 Å². The van der Waals surface area contributed by atoms with Crippen molar-refractivity contribution in [3.8, 4) is 0 Å². The van der Waals surface area contributed by atoms with E-state index in [2.05, 4.69) is 17.3 Å². The van der Waals surface area contributed by atoms with Crippen LogP contribution >= 0.6 is 11.6 Å². The van der Waals surface area contributed by atoms with Crippen molar-refractivity contribution in [3.05, 3.63) is 58.9 Å². The van der Waals surface area contributed by atoms with E-state index in [-0.39, 0.29) is 10.6 Å². The average molecular weight is 349 g/mol. The Morgan fingerprint density at radius 1 is 1.17 bits per heavy atom. The summed E-state index contributed by atoms with van der Waals surface area (Å²) in [5.41, 5.74) is 1.61. The molecule has 2 N–H and O–H groups in total. The van der Waals surface area contributed by atoms with Gasteiger partial charge in [0.1, 0.15) is 5.82 Å². The van der Waals surface area contributed by atoms with Gasteiger partial charge < -0.3 is 15.1 Å². The average Bonchev–Trinajstić information content (AvgIpc) is 2.56. The minimum absolute atomic E-state index is 0.101. The van der Waals surface area contributed by atoms with E-state index >= 15 is 0 Å². The Morgan fingerprint density at radius 2 is 1.83 bits per heavy atom. The lowest BCUT2D eigenvalue weighted by molar-refractivity contribution is -0.880. The van der Waals surface area contributed by atoms with Gasteiger partial charge in [0.25, 0.3) is 5.91 Å². The Bertz CT molecular complexity index is 707. The maximum Gasteiger partial charge on any atom is 0.260 e. The second-order valence-corrected chi connectivity index (χ2v) is 6.45. The molecule has 0 radical (unpaired) electrons. The molecule has 24 heavy (non-hydrogen) atoms. The van der Waals surface area contributed by atoms with Gasteiger partial charge in [-0.05, 0) is 36.4 Å². The number of benzene rings is 2. The van der Waals surface area contributed by atoms with Crippen molar-refractivity contribution in [2.45, 2.75) is 0 Å². The smallest absolute Gasteiger partial charge is 0.260 e. The van der Waals surface area contributed by atoms with Gasteiger partial charge in [0.15, 0.2) is 0 Å². The zero-order valence-electron chi connectivity index (χ0n) is 13.5. The Balaban J connectivity index is 1.69. The molecule has 1 aliphatic heterocycles. The first-order chi connectivity index (χ1) is 11.5. The maximum absolute atomic E-state index is 13.8. The van der Waals surface area contributed by atoms with Crippen LogP contribution in [0, 0.1) is 5.82 Å². The van der Waals surface area contributed by atoms with E-state index < -0.39 is 11.7 Å². The van der Waals surface area contributed by atoms with Crippen molar-refractivity contribution in [2.24, 2.45) is 0 Å². The fourth-order valence-corrected chi connectivity index (χ4v) is 3.06. The van der Waals surface area contributed by atoms with Crippen molar-refractivity contribution in [3.63, 3.8) is 0 Å². The summed E-state index contributed by atoms with van der Waals surface area (Å²) in [4.78, 5) is 16.1. The number of anilines is 2. The minimum atomic E-state index is -0.628. The predicted octanol–water partition coefficient (Wildman–Crippen LogP) is 2.07. The number of piperazine rings is 1. The quantitative estimate of drug-likeness (QED) is 0.891. The van der Waals surface area contributed by atoms with E-state index in [0.29, 0.717) is 5.69 Å². The lowest BCUT2D eigenvalue weighted by Gasteiger charge is -2.31. The number of carbonyl (C=O) groups is 1. The van der Waals surface area contributed by atoms with E-state index in [1.807, 2.05) is 24.3 Å². The van der Waals surface area contributed by atoms with Crippen LogP contribution in [-0.2, 0) is 0 Å². The van der Waals surface area contributed by atoms with Crippen LogP contribution in [0.15, 0.2) is 42.5 Å². The van der Waals surface area contributed by atoms with Gasteiger partial charge >= 0.3 is 0 Å². The molecule has 0 saturated carbocycles. The van der Waals surface area contributed by atoms with Crippen LogP contribution in [0.25, 0.3) is 0 Å². The molecule has 4 nitrogen and oxygen atoms in total. The maximum atomic E-state index is 13.8. The number of rotatable bonds is 3. The Kier molecular flexibility index (Phi) is 5.02. The second-order valence-electron chi connectivity index (χ2n) is 6.04. The summed E-state index contributed by atoms with van der Waals surface area (Å²) < 4.78 is 13.8. The number of likely N-dealkylation sites (N-methyl/N-ethyl adjacent to an activating group) is 1. The van der Waals surface area contributed by atoms with Gasteiger partial charge in [-0.3, -0.25) is 4.79 Å². The van der Waals surface area contributed by atoms with E-state index in [4.69, 9.17) is 11.6 Å². The highest BCUT2D eigenvalue weighted by Crippen LogP contribution is 2.22. The number of quaternary nitrogens is 1. The van der Waals surface area contributed by atoms with Crippen molar-refractivity contribution in [1.29, 1.82) is 0 Å². The summed E-state index contributed by atoms with van der Waals surface area (Å²) in [7, 11) is 2.20. The second kappa shape index (κ2) is 7.20. The molecule has 0 bridgehead atoms. The molecule has 0 unspecified atom stereocenters. The highest BCUT2D eigenvalue weighted by Gasteiger charge is 2.18. The number of halogens is 2. The third-order valence-corrected chi connectivity index (χ3v) is 4.61. The summed E-state index contributed by atoms with van der Waals surface area (Å²) in [6.07, 6.45) is 0. The van der Waals surface area contributed by atoms with Crippen LogP contribution in [0.5, 0.6) is 0 Å². The largest absolute Gasteiger partial charge is 0.360 e. The normalized spacial score (nSPS) is 15.4. The highest BCUT2D eigenvalue weighted by atomic mass is 35.5. The lowest BCUT2D eigenvalue weighted by atomic mass is 10.2. The van der Waals surface area contributed by atoms with Crippen LogP contribution in [0.4, 0.5) is 15.8 Å². The van der Waals surface area contributed by atoms with E-state index in [0.717, 1.165) is 31.9 Å². The molecule has 1 saturated heterocycles. The molecule has 6 heteroatoms. The third-order valence-electron chi connectivity index (χ3n) is 4.30. The third kappa shape index (κ3) is 3.68. The monoisotopic (exact) mass is 348 g/mol. The summed E-state index contributed by atoms with van der Waals surface area (Å²) in [6.45, 7) is 4.26. The molecule has 2 aromatic rings. The van der Waals surface area contributed by atoms with Gasteiger partial charge in [0.05, 0.1) is 43.8 Å². The number of carbonyl (C=O) groups excluding carboxylic acids is 1. The number of nitrogens with one attached hydrogen (secondary N) is 2. The van der Waals surface area contributed by atoms with Gasteiger partial charge in [-0.2, -0.15) is 0 Å². The Labute approximate surface area is 145 Å². The predicted molar refractivity (Wildman–Crippen MR) is 94.6 cm³/mol. The molecular formula is C18H20ClFN3O+. The first-order valence-electron chi connectivity index (χ1n) is 7.96. The first kappa shape index (κ1) is 16.7. The van der Waals surface area contributed by atoms with E-state index in [9.17, 15) is 9.18 Å². The fourth-order valence-electron chi connectivity index (χ4n) is 2.81. The zero-order chi connectivity index (χ0) is 17.1. The van der Waals surface area contributed by atoms with Crippen LogP contribution in [0.1, 0.15) is 10.4 Å². The lowest BCUT2D eigenvalue weighted by Crippen LogP contribution is -3.12. The van der Waals surface area contributed by atoms with E-state index in [1.165, 1.54) is 23.1 Å². The van der Waals surface area contributed by atoms with Crippen LogP contribution in [0.2, 0.25) is 5.02 Å². The molecule has 1 heterocycles. The molecule has 0 aliphatic carbocycles.